The van der Waals surface area contributed by atoms with Gasteiger partial charge in [-0.2, -0.15) is 0 Å². The maximum Gasteiger partial charge on any atom is 0.129 e. The average Bonchev–Trinajstić information content (AvgIpc) is 2.39. The van der Waals surface area contributed by atoms with E-state index in [0.717, 1.165) is 14.5 Å². The summed E-state index contributed by atoms with van der Waals surface area (Å²) < 4.78 is 15.7. The van der Waals surface area contributed by atoms with Crippen LogP contribution in [0, 0.1) is 5.82 Å². The van der Waals surface area contributed by atoms with Gasteiger partial charge in [-0.25, -0.2) is 4.39 Å². The van der Waals surface area contributed by atoms with Crippen molar-refractivity contribution in [3.05, 3.63) is 67.3 Å². The molecule has 1 nitrogen and oxygen atoms in total. The zero-order valence-electron chi connectivity index (χ0n) is 10.8. The quantitative estimate of drug-likeness (QED) is 0.687. The van der Waals surface area contributed by atoms with Crippen LogP contribution in [0.2, 0.25) is 5.02 Å². The van der Waals surface area contributed by atoms with Crippen molar-refractivity contribution in [3.8, 4) is 0 Å². The van der Waals surface area contributed by atoms with E-state index in [1.165, 1.54) is 6.07 Å². The van der Waals surface area contributed by atoms with Crippen LogP contribution < -0.4 is 5.32 Å². The van der Waals surface area contributed by atoms with Crippen molar-refractivity contribution in [1.29, 1.82) is 0 Å². The van der Waals surface area contributed by atoms with Gasteiger partial charge in [0.25, 0.3) is 0 Å². The molecule has 20 heavy (non-hydrogen) atoms. The van der Waals surface area contributed by atoms with Gasteiger partial charge in [0.15, 0.2) is 0 Å². The molecule has 0 aliphatic carbocycles. The molecule has 106 valence electrons. The molecule has 0 aliphatic heterocycles. The summed E-state index contributed by atoms with van der Waals surface area (Å²) in [4.78, 5) is 0. The maximum atomic E-state index is 14.0. The summed E-state index contributed by atoms with van der Waals surface area (Å²) in [7, 11) is 1.82. The third-order valence-electron chi connectivity index (χ3n) is 3.13. The van der Waals surface area contributed by atoms with Gasteiger partial charge in [0.2, 0.25) is 0 Å². The lowest BCUT2D eigenvalue weighted by molar-refractivity contribution is 0.533. The van der Waals surface area contributed by atoms with E-state index in [1.54, 1.807) is 6.07 Å². The van der Waals surface area contributed by atoms with Crippen LogP contribution >= 0.6 is 43.5 Å². The fourth-order valence-corrected chi connectivity index (χ4v) is 3.14. The van der Waals surface area contributed by atoms with E-state index < -0.39 is 0 Å². The van der Waals surface area contributed by atoms with Gasteiger partial charge in [0, 0.05) is 25.6 Å². The maximum absolute atomic E-state index is 14.0. The fourth-order valence-electron chi connectivity index (χ4n) is 2.06. The second kappa shape index (κ2) is 7.03. The first-order valence-electron chi connectivity index (χ1n) is 6.07. The number of hydrogen-bond donors (Lipinski definition) is 1. The fraction of sp³-hybridized carbons (Fsp3) is 0.200. The van der Waals surface area contributed by atoms with E-state index in [2.05, 4.69) is 37.2 Å². The minimum Gasteiger partial charge on any atom is -0.313 e. The molecular formula is C15H13Br2ClFN. The molecule has 1 unspecified atom stereocenters. The molecule has 0 fully saturated rings. The van der Waals surface area contributed by atoms with E-state index in [4.69, 9.17) is 11.6 Å². The van der Waals surface area contributed by atoms with E-state index >= 15 is 0 Å². The monoisotopic (exact) mass is 419 g/mol. The van der Waals surface area contributed by atoms with Gasteiger partial charge in [-0.1, -0.05) is 55.6 Å². The minimum absolute atomic E-state index is 0.123. The summed E-state index contributed by atoms with van der Waals surface area (Å²) >= 11 is 12.9. The molecular weight excluding hydrogens is 408 g/mol. The first-order chi connectivity index (χ1) is 9.51. The molecule has 2 aromatic rings. The Morgan fingerprint density at radius 1 is 1.15 bits per heavy atom. The number of halogens is 4. The lowest BCUT2D eigenvalue weighted by atomic mass is 9.98. The van der Waals surface area contributed by atoms with Crippen LogP contribution in [0.25, 0.3) is 0 Å². The molecule has 0 radical (unpaired) electrons. The molecule has 0 spiro atoms. The third kappa shape index (κ3) is 3.82. The van der Waals surface area contributed by atoms with E-state index in [-0.39, 0.29) is 11.9 Å². The highest BCUT2D eigenvalue weighted by Crippen LogP contribution is 2.28. The second-order valence-electron chi connectivity index (χ2n) is 4.45. The van der Waals surface area contributed by atoms with Crippen molar-refractivity contribution < 1.29 is 4.39 Å². The molecule has 0 aliphatic rings. The predicted molar refractivity (Wildman–Crippen MR) is 88.8 cm³/mol. The Morgan fingerprint density at radius 2 is 1.80 bits per heavy atom. The van der Waals surface area contributed by atoms with Crippen LogP contribution in [0.3, 0.4) is 0 Å². The van der Waals surface area contributed by atoms with E-state index in [0.29, 0.717) is 17.0 Å². The summed E-state index contributed by atoms with van der Waals surface area (Å²) in [5, 5.41) is 3.82. The van der Waals surface area contributed by atoms with Crippen molar-refractivity contribution in [2.75, 3.05) is 7.05 Å². The van der Waals surface area contributed by atoms with Gasteiger partial charge in [0.1, 0.15) is 5.82 Å². The topological polar surface area (TPSA) is 12.0 Å². The van der Waals surface area contributed by atoms with Gasteiger partial charge >= 0.3 is 0 Å². The van der Waals surface area contributed by atoms with Crippen molar-refractivity contribution in [2.24, 2.45) is 0 Å². The van der Waals surface area contributed by atoms with Crippen molar-refractivity contribution in [3.63, 3.8) is 0 Å². The van der Waals surface area contributed by atoms with Gasteiger partial charge in [-0.05, 0) is 43.3 Å². The summed E-state index contributed by atoms with van der Waals surface area (Å²) in [6, 6.07) is 10.7. The standard InChI is InChI=1S/C15H13Br2ClFN/c1-20-15(12-5-4-11(17)8-14(12)19)6-9-2-3-10(16)7-13(9)18/h2-5,7-8,15,20H,6H2,1H3. The SMILES string of the molecule is CNC(Cc1ccc(Br)cc1Cl)c1ccc(Br)cc1F. The van der Waals surface area contributed by atoms with Crippen molar-refractivity contribution >= 4 is 43.5 Å². The zero-order chi connectivity index (χ0) is 14.7. The Hall–Kier alpha value is -0.420. The molecule has 5 heteroatoms. The van der Waals surface area contributed by atoms with E-state index in [1.807, 2.05) is 31.3 Å². The molecule has 0 aromatic heterocycles. The zero-order valence-corrected chi connectivity index (χ0v) is 14.7. The number of benzene rings is 2. The van der Waals surface area contributed by atoms with Crippen LogP contribution in [-0.2, 0) is 6.42 Å². The molecule has 0 bridgehead atoms. The Bertz CT molecular complexity index is 619. The summed E-state index contributed by atoms with van der Waals surface area (Å²) in [5.74, 6) is -0.230. The van der Waals surface area contributed by atoms with Crippen LogP contribution in [0.4, 0.5) is 4.39 Å². The van der Waals surface area contributed by atoms with Gasteiger partial charge in [-0.3, -0.25) is 0 Å². The molecule has 0 saturated carbocycles. The smallest absolute Gasteiger partial charge is 0.129 e. The van der Waals surface area contributed by atoms with Crippen LogP contribution in [0.1, 0.15) is 17.2 Å². The van der Waals surface area contributed by atoms with Crippen molar-refractivity contribution in [2.45, 2.75) is 12.5 Å². The van der Waals surface area contributed by atoms with E-state index in [9.17, 15) is 4.39 Å². The predicted octanol–water partition coefficient (Wildman–Crippen LogP) is 5.51. The highest BCUT2D eigenvalue weighted by atomic mass is 79.9. The Labute approximate surface area is 139 Å². The summed E-state index contributed by atoms with van der Waals surface area (Å²) in [6.07, 6.45) is 0.626. The lowest BCUT2D eigenvalue weighted by Crippen LogP contribution is -2.20. The molecule has 0 amide bonds. The minimum atomic E-state index is -0.230. The molecule has 2 rings (SSSR count). The number of likely N-dealkylation sites (N-methyl/N-ethyl adjacent to an activating group) is 1. The number of nitrogens with one attached hydrogen (secondary N) is 1. The van der Waals surface area contributed by atoms with Crippen molar-refractivity contribution in [1.82, 2.24) is 5.32 Å². The van der Waals surface area contributed by atoms with Crippen LogP contribution in [-0.4, -0.2) is 7.05 Å². The number of hydrogen-bond acceptors (Lipinski definition) is 1. The molecule has 2 aromatic carbocycles. The number of rotatable bonds is 4. The Kier molecular flexibility index (Phi) is 5.61. The summed E-state index contributed by atoms with van der Waals surface area (Å²) in [6.45, 7) is 0. The molecule has 0 heterocycles. The Morgan fingerprint density at radius 3 is 2.40 bits per heavy atom. The van der Waals surface area contributed by atoms with Crippen LogP contribution in [0.5, 0.6) is 0 Å². The van der Waals surface area contributed by atoms with Gasteiger partial charge < -0.3 is 5.32 Å². The van der Waals surface area contributed by atoms with Gasteiger partial charge in [0.05, 0.1) is 0 Å². The Balaban J connectivity index is 2.28. The van der Waals surface area contributed by atoms with Gasteiger partial charge in [-0.15, -0.1) is 0 Å². The average molecular weight is 422 g/mol. The highest BCUT2D eigenvalue weighted by Gasteiger charge is 2.16. The third-order valence-corrected chi connectivity index (χ3v) is 4.46. The molecule has 1 atom stereocenters. The normalized spacial score (nSPS) is 12.4. The van der Waals surface area contributed by atoms with Crippen LogP contribution in [0.15, 0.2) is 45.3 Å². The molecule has 0 saturated heterocycles. The lowest BCUT2D eigenvalue weighted by Gasteiger charge is -2.18. The first-order valence-corrected chi connectivity index (χ1v) is 8.04. The first kappa shape index (κ1) is 16.0. The summed E-state index contributed by atoms with van der Waals surface area (Å²) in [5.41, 5.74) is 1.62. The molecule has 1 N–H and O–H groups in total. The largest absolute Gasteiger partial charge is 0.313 e. The second-order valence-corrected chi connectivity index (χ2v) is 6.69. The highest BCUT2D eigenvalue weighted by molar-refractivity contribution is 9.10.